The molecule has 1 atom stereocenters. The van der Waals surface area contributed by atoms with Crippen LogP contribution in [-0.2, 0) is 16.4 Å². The van der Waals surface area contributed by atoms with Crippen molar-refractivity contribution < 1.29 is 8.42 Å². The van der Waals surface area contributed by atoms with Gasteiger partial charge in [-0.15, -0.1) is 0 Å². The number of rotatable bonds is 4. The van der Waals surface area contributed by atoms with E-state index in [-0.39, 0.29) is 5.75 Å². The van der Waals surface area contributed by atoms with Gasteiger partial charge < -0.3 is 0 Å². The number of nitrogens with zero attached hydrogens (tertiary/aromatic N) is 2. The molecule has 20 heavy (non-hydrogen) atoms. The number of pyridine rings is 1. The summed E-state index contributed by atoms with van der Waals surface area (Å²) in [5.74, 6) is 1.65. The normalized spacial score (nSPS) is 21.1. The summed E-state index contributed by atoms with van der Waals surface area (Å²) in [6, 6.07) is 3.31. The summed E-state index contributed by atoms with van der Waals surface area (Å²) in [6.45, 7) is 2.79. The van der Waals surface area contributed by atoms with E-state index in [0.29, 0.717) is 34.7 Å². The van der Waals surface area contributed by atoms with Gasteiger partial charge in [0.2, 0.25) is 0 Å². The van der Waals surface area contributed by atoms with E-state index in [9.17, 15) is 8.42 Å². The lowest BCUT2D eigenvalue weighted by molar-refractivity contribution is 0.259. The number of thioether (sulfide) groups is 1. The molecule has 1 saturated heterocycles. The molecule has 112 valence electrons. The van der Waals surface area contributed by atoms with E-state index >= 15 is 0 Å². The summed E-state index contributed by atoms with van der Waals surface area (Å²) in [6.07, 6.45) is 0. The van der Waals surface area contributed by atoms with E-state index in [4.69, 9.17) is 23.2 Å². The summed E-state index contributed by atoms with van der Waals surface area (Å²) in [5.41, 5.74) is 0.627. The van der Waals surface area contributed by atoms with Gasteiger partial charge in [-0.1, -0.05) is 30.1 Å². The third kappa shape index (κ3) is 3.80. The zero-order valence-corrected chi connectivity index (χ0v) is 14.2. The summed E-state index contributed by atoms with van der Waals surface area (Å²) >= 11 is 13.7. The molecule has 1 unspecified atom stereocenters. The van der Waals surface area contributed by atoms with Crippen molar-refractivity contribution in [3.63, 3.8) is 0 Å². The second-order valence-electron chi connectivity index (χ2n) is 4.51. The van der Waals surface area contributed by atoms with Gasteiger partial charge in [0.15, 0.2) is 9.84 Å². The number of aromatic nitrogens is 1. The van der Waals surface area contributed by atoms with Crippen LogP contribution in [0, 0.1) is 0 Å². The predicted octanol–water partition coefficient (Wildman–Crippen LogP) is 2.70. The van der Waals surface area contributed by atoms with Crippen LogP contribution in [0.15, 0.2) is 12.1 Å². The Kier molecular flexibility index (Phi) is 5.59. The van der Waals surface area contributed by atoms with Crippen molar-refractivity contribution in [2.24, 2.45) is 0 Å². The molecule has 1 aromatic heterocycles. The molecule has 4 nitrogen and oxygen atoms in total. The van der Waals surface area contributed by atoms with Crippen LogP contribution in [0.1, 0.15) is 12.6 Å². The summed E-state index contributed by atoms with van der Waals surface area (Å²) in [7, 11) is -3.11. The van der Waals surface area contributed by atoms with E-state index < -0.39 is 15.2 Å². The fourth-order valence-electron chi connectivity index (χ4n) is 2.08. The fraction of sp³-hybridized carbons (Fsp3) is 0.583. The Bertz CT molecular complexity index is 581. The second kappa shape index (κ2) is 6.83. The Balaban J connectivity index is 2.23. The van der Waals surface area contributed by atoms with Gasteiger partial charge in [-0.05, 0) is 12.1 Å². The van der Waals surface area contributed by atoms with Crippen LogP contribution in [0.2, 0.25) is 10.2 Å². The number of hydrogen-bond donors (Lipinski definition) is 0. The quantitative estimate of drug-likeness (QED) is 0.778. The smallest absolute Gasteiger partial charge is 0.166 e. The molecule has 2 heterocycles. The standard InChI is InChI=1S/C12H16Cl2N2O2S2/c1-2-20(17,18)12-8-19-6-5-16(12)7-10-9(13)3-4-11(14)15-10/h3-4,12H,2,5-8H2,1H3. The Morgan fingerprint density at radius 3 is 2.90 bits per heavy atom. The van der Waals surface area contributed by atoms with Gasteiger partial charge in [0, 0.05) is 30.3 Å². The molecule has 1 aliphatic rings. The van der Waals surface area contributed by atoms with Gasteiger partial charge in [0.05, 0.1) is 10.7 Å². The molecule has 1 aromatic rings. The maximum Gasteiger partial charge on any atom is 0.166 e. The topological polar surface area (TPSA) is 50.3 Å². The van der Waals surface area contributed by atoms with Crippen LogP contribution >= 0.6 is 35.0 Å². The van der Waals surface area contributed by atoms with Crippen molar-refractivity contribution in [1.29, 1.82) is 0 Å². The van der Waals surface area contributed by atoms with Gasteiger partial charge in [-0.2, -0.15) is 11.8 Å². The van der Waals surface area contributed by atoms with Gasteiger partial charge in [0.1, 0.15) is 10.5 Å². The minimum atomic E-state index is -3.11. The maximum absolute atomic E-state index is 12.2. The minimum absolute atomic E-state index is 0.144. The Morgan fingerprint density at radius 1 is 1.45 bits per heavy atom. The molecule has 2 rings (SSSR count). The van der Waals surface area contributed by atoms with Gasteiger partial charge in [0.25, 0.3) is 0 Å². The highest BCUT2D eigenvalue weighted by atomic mass is 35.5. The van der Waals surface area contributed by atoms with Gasteiger partial charge in [-0.25, -0.2) is 13.4 Å². The van der Waals surface area contributed by atoms with Crippen LogP contribution in [0.25, 0.3) is 0 Å². The van der Waals surface area contributed by atoms with Crippen molar-refractivity contribution in [3.05, 3.63) is 28.0 Å². The molecule has 0 radical (unpaired) electrons. The van der Waals surface area contributed by atoms with E-state index in [1.54, 1.807) is 30.8 Å². The summed E-state index contributed by atoms with van der Waals surface area (Å²) in [4.78, 5) is 6.13. The fourth-order valence-corrected chi connectivity index (χ4v) is 5.49. The molecule has 0 aliphatic carbocycles. The van der Waals surface area contributed by atoms with Crippen LogP contribution in [0.3, 0.4) is 0 Å². The van der Waals surface area contributed by atoms with Crippen LogP contribution in [-0.4, -0.2) is 47.5 Å². The molecule has 0 saturated carbocycles. The third-order valence-electron chi connectivity index (χ3n) is 3.24. The van der Waals surface area contributed by atoms with E-state index in [0.717, 1.165) is 5.75 Å². The first-order chi connectivity index (χ1) is 9.44. The lowest BCUT2D eigenvalue weighted by Crippen LogP contribution is -2.47. The molecular weight excluding hydrogens is 339 g/mol. The van der Waals surface area contributed by atoms with Crippen LogP contribution < -0.4 is 0 Å². The van der Waals surface area contributed by atoms with Crippen molar-refractivity contribution in [2.75, 3.05) is 23.8 Å². The highest BCUT2D eigenvalue weighted by Gasteiger charge is 2.33. The van der Waals surface area contributed by atoms with Crippen LogP contribution in [0.4, 0.5) is 0 Å². The van der Waals surface area contributed by atoms with E-state index in [1.807, 2.05) is 4.90 Å². The van der Waals surface area contributed by atoms with Crippen molar-refractivity contribution in [1.82, 2.24) is 9.88 Å². The van der Waals surface area contributed by atoms with Gasteiger partial charge in [-0.3, -0.25) is 4.90 Å². The molecule has 0 spiro atoms. The molecular formula is C12H16Cl2N2O2S2. The van der Waals surface area contributed by atoms with E-state index in [2.05, 4.69) is 4.98 Å². The summed E-state index contributed by atoms with van der Waals surface area (Å²) < 4.78 is 24.3. The van der Waals surface area contributed by atoms with Crippen molar-refractivity contribution in [3.8, 4) is 0 Å². The first-order valence-electron chi connectivity index (χ1n) is 6.28. The lowest BCUT2D eigenvalue weighted by Gasteiger charge is -2.34. The molecule has 1 fully saturated rings. The zero-order valence-electron chi connectivity index (χ0n) is 11.1. The molecule has 8 heteroatoms. The SMILES string of the molecule is CCS(=O)(=O)C1CSCCN1Cc1nc(Cl)ccc1Cl. The van der Waals surface area contributed by atoms with Crippen LogP contribution in [0.5, 0.6) is 0 Å². The third-order valence-corrected chi connectivity index (χ3v) is 7.13. The molecule has 0 aromatic carbocycles. The Morgan fingerprint density at radius 2 is 2.20 bits per heavy atom. The Hall–Kier alpha value is -0.0100. The van der Waals surface area contributed by atoms with Crippen molar-refractivity contribution in [2.45, 2.75) is 18.8 Å². The molecule has 0 amide bonds. The number of sulfone groups is 1. The largest absolute Gasteiger partial charge is 0.280 e. The van der Waals surface area contributed by atoms with E-state index in [1.165, 1.54) is 0 Å². The first kappa shape index (κ1) is 16.4. The predicted molar refractivity (Wildman–Crippen MR) is 85.2 cm³/mol. The minimum Gasteiger partial charge on any atom is -0.280 e. The van der Waals surface area contributed by atoms with Crippen molar-refractivity contribution >= 4 is 44.8 Å². The average molecular weight is 355 g/mol. The van der Waals surface area contributed by atoms with Gasteiger partial charge >= 0.3 is 0 Å². The maximum atomic E-state index is 12.2. The average Bonchev–Trinajstić information content (AvgIpc) is 2.43. The Labute approximate surface area is 133 Å². The summed E-state index contributed by atoms with van der Waals surface area (Å²) in [5, 5.41) is 0.411. The monoisotopic (exact) mass is 354 g/mol. The number of hydrogen-bond acceptors (Lipinski definition) is 5. The molecule has 0 bridgehead atoms. The first-order valence-corrected chi connectivity index (χ1v) is 9.91. The zero-order chi connectivity index (χ0) is 14.8. The molecule has 1 aliphatic heterocycles. The number of halogens is 2. The highest BCUT2D eigenvalue weighted by Crippen LogP contribution is 2.25. The highest BCUT2D eigenvalue weighted by molar-refractivity contribution is 8.01. The second-order valence-corrected chi connectivity index (χ2v) is 8.91. The molecule has 0 N–H and O–H groups in total. The lowest BCUT2D eigenvalue weighted by atomic mass is 10.3.